The van der Waals surface area contributed by atoms with E-state index in [0.29, 0.717) is 26.9 Å². The molecule has 1 heterocycles. The third-order valence-corrected chi connectivity index (χ3v) is 3.03. The first kappa shape index (κ1) is 11.4. The molecule has 0 saturated heterocycles. The lowest BCUT2D eigenvalue weighted by Gasteiger charge is -2.05. The molecule has 0 fully saturated rings. The molecule has 1 N–H and O–H groups in total. The van der Waals surface area contributed by atoms with Crippen LogP contribution in [0.1, 0.15) is 5.82 Å². The van der Waals surface area contributed by atoms with E-state index in [1.807, 2.05) is 0 Å². The smallest absolute Gasteiger partial charge is 0.258 e. The van der Waals surface area contributed by atoms with Crippen molar-refractivity contribution in [3.63, 3.8) is 0 Å². The number of alkyl halides is 1. The molecule has 1 aromatic heterocycles. The Balaban J connectivity index is 2.80. The number of ether oxygens (including phenoxy) is 1. The second kappa shape index (κ2) is 4.43. The van der Waals surface area contributed by atoms with Gasteiger partial charge in [0, 0.05) is 6.07 Å². The van der Waals surface area contributed by atoms with E-state index in [-0.39, 0.29) is 11.4 Å². The molecule has 6 heteroatoms. The number of benzene rings is 1. The largest absolute Gasteiger partial charge is 0.495 e. The summed E-state index contributed by atoms with van der Waals surface area (Å²) in [5, 5.41) is 0.501. The number of aromatic nitrogens is 2. The molecule has 0 unspecified atom stereocenters. The maximum absolute atomic E-state index is 11.7. The Hall–Kier alpha value is -1.07. The van der Waals surface area contributed by atoms with Gasteiger partial charge in [-0.3, -0.25) is 4.79 Å². The van der Waals surface area contributed by atoms with E-state index in [9.17, 15) is 4.79 Å². The zero-order valence-corrected chi connectivity index (χ0v) is 10.7. The van der Waals surface area contributed by atoms with Crippen molar-refractivity contribution >= 4 is 38.4 Å². The van der Waals surface area contributed by atoms with Crippen molar-refractivity contribution in [1.82, 2.24) is 9.97 Å². The minimum atomic E-state index is -0.205. The summed E-state index contributed by atoms with van der Waals surface area (Å²) in [6.07, 6.45) is 0. The zero-order valence-electron chi connectivity index (χ0n) is 8.38. The van der Waals surface area contributed by atoms with Crippen LogP contribution in [0.5, 0.6) is 5.75 Å². The van der Waals surface area contributed by atoms with Gasteiger partial charge in [0.25, 0.3) is 5.56 Å². The molecule has 2 rings (SSSR count). The quantitative estimate of drug-likeness (QED) is 0.867. The van der Waals surface area contributed by atoms with Gasteiger partial charge in [0.1, 0.15) is 11.6 Å². The normalized spacial score (nSPS) is 10.7. The van der Waals surface area contributed by atoms with Crippen LogP contribution < -0.4 is 10.3 Å². The maximum atomic E-state index is 11.7. The highest BCUT2D eigenvalue weighted by Gasteiger charge is 2.08. The summed E-state index contributed by atoms with van der Waals surface area (Å²) < 4.78 is 5.85. The summed E-state index contributed by atoms with van der Waals surface area (Å²) >= 11 is 8.95. The fourth-order valence-corrected chi connectivity index (χ4v) is 2.04. The van der Waals surface area contributed by atoms with Gasteiger partial charge in [0.05, 0.1) is 28.4 Å². The minimum absolute atomic E-state index is 0.170. The number of methoxy groups -OCH3 is 1. The number of nitrogens with one attached hydrogen (secondary N) is 1. The predicted octanol–water partition coefficient (Wildman–Crippen LogP) is 2.43. The lowest BCUT2D eigenvalue weighted by molar-refractivity contribution is 0.412. The van der Waals surface area contributed by atoms with Crippen LogP contribution >= 0.6 is 27.5 Å². The Kier molecular flexibility index (Phi) is 3.16. The zero-order chi connectivity index (χ0) is 11.7. The van der Waals surface area contributed by atoms with Gasteiger partial charge in [-0.2, -0.15) is 0 Å². The number of fused-ring (bicyclic) bond motifs is 1. The molecule has 0 aliphatic carbocycles. The van der Waals surface area contributed by atoms with Crippen LogP contribution in [0, 0.1) is 0 Å². The number of nitrogens with zero attached hydrogens (tertiary/aromatic N) is 1. The molecule has 0 spiro atoms. The third-order valence-electron chi connectivity index (χ3n) is 2.15. The molecule has 0 aliphatic rings. The summed E-state index contributed by atoms with van der Waals surface area (Å²) in [4.78, 5) is 18.5. The van der Waals surface area contributed by atoms with Crippen LogP contribution in [0.25, 0.3) is 10.9 Å². The Labute approximate surface area is 105 Å². The molecule has 0 amide bonds. The monoisotopic (exact) mass is 302 g/mol. The fraction of sp³-hybridized carbons (Fsp3) is 0.200. The average Bonchev–Trinajstić information content (AvgIpc) is 2.29. The topological polar surface area (TPSA) is 55.0 Å². The first-order chi connectivity index (χ1) is 7.65. The van der Waals surface area contributed by atoms with E-state index in [4.69, 9.17) is 16.3 Å². The van der Waals surface area contributed by atoms with Crippen molar-refractivity contribution in [1.29, 1.82) is 0 Å². The van der Waals surface area contributed by atoms with E-state index in [0.717, 1.165) is 0 Å². The highest BCUT2D eigenvalue weighted by molar-refractivity contribution is 9.10. The van der Waals surface area contributed by atoms with Gasteiger partial charge in [-0.1, -0.05) is 0 Å². The molecule has 1 aromatic carbocycles. The van der Waals surface area contributed by atoms with Gasteiger partial charge in [-0.05, 0) is 22.0 Å². The Morgan fingerprint density at radius 1 is 1.56 bits per heavy atom. The molecular weight excluding hydrogens is 295 g/mol. The van der Waals surface area contributed by atoms with E-state index in [2.05, 4.69) is 25.9 Å². The van der Waals surface area contributed by atoms with E-state index in [1.165, 1.54) is 0 Å². The molecule has 2 aromatic rings. The molecule has 0 bridgehead atoms. The van der Waals surface area contributed by atoms with Crippen LogP contribution in [0.3, 0.4) is 0 Å². The van der Waals surface area contributed by atoms with E-state index >= 15 is 0 Å². The summed E-state index contributed by atoms with van der Waals surface area (Å²) in [5.74, 6) is 1.25. The number of rotatable bonds is 2. The maximum Gasteiger partial charge on any atom is 0.258 e. The van der Waals surface area contributed by atoms with Gasteiger partial charge < -0.3 is 9.72 Å². The second-order valence-electron chi connectivity index (χ2n) is 3.15. The number of hydrogen-bond acceptors (Lipinski definition) is 3. The number of halogens is 2. The minimum Gasteiger partial charge on any atom is -0.495 e. The van der Waals surface area contributed by atoms with Crippen molar-refractivity contribution in [3.8, 4) is 5.75 Å². The first-order valence-corrected chi connectivity index (χ1v) is 5.81. The number of H-pyrrole nitrogens is 1. The summed E-state index contributed by atoms with van der Waals surface area (Å²) in [6, 6.07) is 3.38. The van der Waals surface area contributed by atoms with Gasteiger partial charge >= 0.3 is 0 Å². The Morgan fingerprint density at radius 3 is 2.94 bits per heavy atom. The lowest BCUT2D eigenvalue weighted by Crippen LogP contribution is -2.11. The SMILES string of the molecule is COc1cc2nc(CCl)[nH]c(=O)c2cc1Br. The highest BCUT2D eigenvalue weighted by Crippen LogP contribution is 2.27. The summed E-state index contributed by atoms with van der Waals surface area (Å²) in [5.41, 5.74) is 0.364. The lowest BCUT2D eigenvalue weighted by atomic mass is 10.2. The molecule has 4 nitrogen and oxygen atoms in total. The van der Waals surface area contributed by atoms with Crippen LogP contribution in [-0.2, 0) is 5.88 Å². The highest BCUT2D eigenvalue weighted by atomic mass is 79.9. The molecule has 0 radical (unpaired) electrons. The first-order valence-electron chi connectivity index (χ1n) is 4.48. The van der Waals surface area contributed by atoms with E-state index < -0.39 is 0 Å². The van der Waals surface area contributed by atoms with Crippen LogP contribution in [0.15, 0.2) is 21.4 Å². The average molecular weight is 304 g/mol. The Bertz CT molecular complexity index is 597. The number of aromatic amines is 1. The van der Waals surface area contributed by atoms with Crippen LogP contribution in [-0.4, -0.2) is 17.1 Å². The molecule has 0 atom stereocenters. The summed E-state index contributed by atoms with van der Waals surface area (Å²) in [6.45, 7) is 0. The summed E-state index contributed by atoms with van der Waals surface area (Å²) in [7, 11) is 1.56. The molecular formula is C10H8BrClN2O2. The van der Waals surface area contributed by atoms with Gasteiger partial charge in [-0.25, -0.2) is 4.98 Å². The van der Waals surface area contributed by atoms with Gasteiger partial charge in [-0.15, -0.1) is 11.6 Å². The van der Waals surface area contributed by atoms with Crippen LogP contribution in [0.2, 0.25) is 0 Å². The Morgan fingerprint density at radius 2 is 2.31 bits per heavy atom. The van der Waals surface area contributed by atoms with Crippen molar-refractivity contribution in [2.24, 2.45) is 0 Å². The van der Waals surface area contributed by atoms with Crippen molar-refractivity contribution in [2.75, 3.05) is 7.11 Å². The molecule has 0 saturated carbocycles. The molecule has 84 valence electrons. The van der Waals surface area contributed by atoms with E-state index in [1.54, 1.807) is 19.2 Å². The van der Waals surface area contributed by atoms with Gasteiger partial charge in [0.15, 0.2) is 0 Å². The van der Waals surface area contributed by atoms with Crippen molar-refractivity contribution < 1.29 is 4.74 Å². The standard InChI is InChI=1S/C10H8BrClN2O2/c1-16-8-3-7-5(2-6(8)11)10(15)14-9(4-12)13-7/h2-3H,4H2,1H3,(H,13,14,15). The van der Waals surface area contributed by atoms with Crippen molar-refractivity contribution in [2.45, 2.75) is 5.88 Å². The third kappa shape index (κ3) is 1.92. The molecule has 16 heavy (non-hydrogen) atoms. The van der Waals surface area contributed by atoms with Gasteiger partial charge in [0.2, 0.25) is 0 Å². The molecule has 0 aliphatic heterocycles. The van der Waals surface area contributed by atoms with Crippen LogP contribution in [0.4, 0.5) is 0 Å². The fourth-order valence-electron chi connectivity index (χ4n) is 1.41. The van der Waals surface area contributed by atoms with Crippen molar-refractivity contribution in [3.05, 3.63) is 32.8 Å². The number of hydrogen-bond donors (Lipinski definition) is 1. The second-order valence-corrected chi connectivity index (χ2v) is 4.27. The predicted molar refractivity (Wildman–Crippen MR) is 66.2 cm³/mol.